The number of furan rings is 1. The molecule has 29 heavy (non-hydrogen) atoms. The highest BCUT2D eigenvalue weighted by molar-refractivity contribution is 5.94. The van der Waals surface area contributed by atoms with Gasteiger partial charge in [-0.05, 0) is 25.1 Å². The molecule has 150 valence electrons. The number of Topliss-reactive ketones (excluding diaryl/α,β-unsaturated/α-hetero) is 1. The number of carbonyl (C=O) groups is 2. The molecule has 0 aliphatic carbocycles. The van der Waals surface area contributed by atoms with Crippen LogP contribution in [0.2, 0.25) is 0 Å². The molecule has 0 bridgehead atoms. The molecule has 2 aromatic carbocycles. The van der Waals surface area contributed by atoms with Crippen molar-refractivity contribution in [1.29, 1.82) is 0 Å². The molecule has 1 aromatic heterocycles. The first kappa shape index (κ1) is 20.2. The lowest BCUT2D eigenvalue weighted by atomic mass is 10.1. The van der Waals surface area contributed by atoms with Crippen LogP contribution in [-0.4, -0.2) is 37.9 Å². The fourth-order valence-electron chi connectivity index (χ4n) is 3.07. The van der Waals surface area contributed by atoms with Gasteiger partial charge in [0, 0.05) is 30.3 Å². The Balaban J connectivity index is 1.77. The number of ketones is 1. The normalized spacial score (nSPS) is 10.5. The molecule has 3 aromatic rings. The quantitative estimate of drug-likeness (QED) is 0.555. The van der Waals surface area contributed by atoms with E-state index in [-0.39, 0.29) is 17.5 Å². The van der Waals surface area contributed by atoms with E-state index in [2.05, 4.69) is 0 Å². The summed E-state index contributed by atoms with van der Waals surface area (Å²) >= 11 is 0. The zero-order valence-electron chi connectivity index (χ0n) is 16.9. The van der Waals surface area contributed by atoms with Gasteiger partial charge in [-0.15, -0.1) is 0 Å². The van der Waals surface area contributed by atoms with Crippen molar-refractivity contribution in [3.63, 3.8) is 0 Å². The zero-order valence-corrected chi connectivity index (χ0v) is 16.9. The standard InChI is InChI=1S/C23H23NO5/c1-15(25)16-8-10-17(11-9-16)19-12-13-21(29-19)23(26)24(2)14-18-6-5-7-20(27-3)22(18)28-4/h5-13H,14H2,1-4H3. The summed E-state index contributed by atoms with van der Waals surface area (Å²) in [5.74, 6) is 1.76. The summed E-state index contributed by atoms with van der Waals surface area (Å²) in [5.41, 5.74) is 2.25. The first-order chi connectivity index (χ1) is 13.9. The van der Waals surface area contributed by atoms with Crippen molar-refractivity contribution in [3.05, 3.63) is 71.5 Å². The molecule has 6 nitrogen and oxygen atoms in total. The lowest BCUT2D eigenvalue weighted by Crippen LogP contribution is -2.26. The van der Waals surface area contributed by atoms with Gasteiger partial charge in [0.25, 0.3) is 5.91 Å². The monoisotopic (exact) mass is 393 g/mol. The molecule has 0 aliphatic rings. The Labute approximate surface area is 169 Å². The van der Waals surface area contributed by atoms with E-state index in [1.54, 1.807) is 68.6 Å². The van der Waals surface area contributed by atoms with Gasteiger partial charge in [0.2, 0.25) is 0 Å². The van der Waals surface area contributed by atoms with Gasteiger partial charge in [-0.2, -0.15) is 0 Å². The molecular weight excluding hydrogens is 370 g/mol. The summed E-state index contributed by atoms with van der Waals surface area (Å²) in [6, 6.07) is 16.0. The maximum absolute atomic E-state index is 12.8. The second-order valence-corrected chi connectivity index (χ2v) is 6.61. The highest BCUT2D eigenvalue weighted by Gasteiger charge is 2.19. The average Bonchev–Trinajstić information content (AvgIpc) is 3.23. The molecule has 0 spiro atoms. The van der Waals surface area contributed by atoms with E-state index in [4.69, 9.17) is 13.9 Å². The Morgan fingerprint density at radius 3 is 2.31 bits per heavy atom. The Bertz CT molecular complexity index is 1020. The number of ether oxygens (including phenoxy) is 2. The number of amides is 1. The van der Waals surface area contributed by atoms with Crippen LogP contribution in [0.1, 0.15) is 33.4 Å². The molecule has 3 rings (SSSR count). The molecule has 1 heterocycles. The van der Waals surface area contributed by atoms with Gasteiger partial charge in [0.1, 0.15) is 5.76 Å². The molecule has 0 fully saturated rings. The van der Waals surface area contributed by atoms with Gasteiger partial charge < -0.3 is 18.8 Å². The first-order valence-corrected chi connectivity index (χ1v) is 9.11. The van der Waals surface area contributed by atoms with Crippen LogP contribution in [0.3, 0.4) is 0 Å². The second-order valence-electron chi connectivity index (χ2n) is 6.61. The average molecular weight is 393 g/mol. The first-order valence-electron chi connectivity index (χ1n) is 9.11. The van der Waals surface area contributed by atoms with Gasteiger partial charge in [0.15, 0.2) is 23.0 Å². The third kappa shape index (κ3) is 4.32. The van der Waals surface area contributed by atoms with Crippen molar-refractivity contribution in [3.8, 4) is 22.8 Å². The molecule has 0 radical (unpaired) electrons. The molecular formula is C23H23NO5. The van der Waals surface area contributed by atoms with Crippen molar-refractivity contribution < 1.29 is 23.5 Å². The van der Waals surface area contributed by atoms with Crippen LogP contribution >= 0.6 is 0 Å². The Kier molecular flexibility index (Phi) is 6.02. The maximum Gasteiger partial charge on any atom is 0.289 e. The van der Waals surface area contributed by atoms with Crippen molar-refractivity contribution in [1.82, 2.24) is 4.90 Å². The van der Waals surface area contributed by atoms with Crippen LogP contribution in [0.5, 0.6) is 11.5 Å². The highest BCUT2D eigenvalue weighted by atomic mass is 16.5. The van der Waals surface area contributed by atoms with E-state index in [0.717, 1.165) is 11.1 Å². The molecule has 0 N–H and O–H groups in total. The predicted octanol–water partition coefficient (Wildman–Crippen LogP) is 4.44. The van der Waals surface area contributed by atoms with Gasteiger partial charge >= 0.3 is 0 Å². The van der Waals surface area contributed by atoms with Crippen molar-refractivity contribution in [2.75, 3.05) is 21.3 Å². The van der Waals surface area contributed by atoms with E-state index in [9.17, 15) is 9.59 Å². The zero-order chi connectivity index (χ0) is 21.0. The number of hydrogen-bond donors (Lipinski definition) is 0. The van der Waals surface area contributed by atoms with Crippen LogP contribution in [-0.2, 0) is 6.54 Å². The summed E-state index contributed by atoms with van der Waals surface area (Å²) in [6.45, 7) is 1.86. The fourth-order valence-corrected chi connectivity index (χ4v) is 3.07. The second kappa shape index (κ2) is 8.65. The Morgan fingerprint density at radius 2 is 1.69 bits per heavy atom. The minimum absolute atomic E-state index is 0.00135. The van der Waals surface area contributed by atoms with Gasteiger partial charge in [-0.25, -0.2) is 0 Å². The number of hydrogen-bond acceptors (Lipinski definition) is 5. The SMILES string of the molecule is COc1cccc(CN(C)C(=O)c2ccc(-c3ccc(C(C)=O)cc3)o2)c1OC. The number of methoxy groups -OCH3 is 2. The van der Waals surface area contributed by atoms with Gasteiger partial charge in [-0.1, -0.05) is 36.4 Å². The number of carbonyl (C=O) groups excluding carboxylic acids is 2. The minimum Gasteiger partial charge on any atom is -0.493 e. The number of para-hydroxylation sites is 1. The van der Waals surface area contributed by atoms with Crippen LogP contribution in [0.4, 0.5) is 0 Å². The third-order valence-corrected chi connectivity index (χ3v) is 4.63. The van der Waals surface area contributed by atoms with E-state index in [1.807, 2.05) is 12.1 Å². The van der Waals surface area contributed by atoms with Crippen LogP contribution in [0.15, 0.2) is 59.0 Å². The fraction of sp³-hybridized carbons (Fsp3) is 0.217. The summed E-state index contributed by atoms with van der Waals surface area (Å²) < 4.78 is 16.5. The van der Waals surface area contributed by atoms with E-state index >= 15 is 0 Å². The summed E-state index contributed by atoms with van der Waals surface area (Å²) in [6.07, 6.45) is 0. The van der Waals surface area contributed by atoms with E-state index in [1.165, 1.54) is 6.92 Å². The molecule has 0 saturated heterocycles. The van der Waals surface area contributed by atoms with Gasteiger partial charge in [0.05, 0.1) is 14.2 Å². The molecule has 6 heteroatoms. The van der Waals surface area contributed by atoms with Gasteiger partial charge in [-0.3, -0.25) is 9.59 Å². The Morgan fingerprint density at radius 1 is 0.966 bits per heavy atom. The molecule has 0 saturated carbocycles. The molecule has 0 aliphatic heterocycles. The molecule has 1 amide bonds. The van der Waals surface area contributed by atoms with Crippen LogP contribution < -0.4 is 9.47 Å². The minimum atomic E-state index is -0.249. The van der Waals surface area contributed by atoms with E-state index in [0.29, 0.717) is 29.4 Å². The topological polar surface area (TPSA) is 69.0 Å². The summed E-state index contributed by atoms with van der Waals surface area (Å²) in [7, 11) is 4.84. The number of nitrogens with zero attached hydrogens (tertiary/aromatic N) is 1. The van der Waals surface area contributed by atoms with Crippen LogP contribution in [0, 0.1) is 0 Å². The van der Waals surface area contributed by atoms with Crippen molar-refractivity contribution in [2.45, 2.75) is 13.5 Å². The highest BCUT2D eigenvalue weighted by Crippen LogP contribution is 2.31. The number of benzene rings is 2. The van der Waals surface area contributed by atoms with E-state index < -0.39 is 0 Å². The molecule has 0 atom stereocenters. The molecule has 0 unspecified atom stereocenters. The lowest BCUT2D eigenvalue weighted by molar-refractivity contribution is 0.0753. The van der Waals surface area contributed by atoms with Crippen molar-refractivity contribution in [2.24, 2.45) is 0 Å². The smallest absolute Gasteiger partial charge is 0.289 e. The maximum atomic E-state index is 12.8. The van der Waals surface area contributed by atoms with Crippen molar-refractivity contribution >= 4 is 11.7 Å². The van der Waals surface area contributed by atoms with Crippen LogP contribution in [0.25, 0.3) is 11.3 Å². The summed E-state index contributed by atoms with van der Waals surface area (Å²) in [5, 5.41) is 0. The Hall–Kier alpha value is -3.54. The third-order valence-electron chi connectivity index (χ3n) is 4.63. The lowest BCUT2D eigenvalue weighted by Gasteiger charge is -2.19. The summed E-state index contributed by atoms with van der Waals surface area (Å²) in [4.78, 5) is 25.8. The largest absolute Gasteiger partial charge is 0.493 e. The predicted molar refractivity (Wildman–Crippen MR) is 109 cm³/mol. The number of rotatable bonds is 7.